The summed E-state index contributed by atoms with van der Waals surface area (Å²) >= 11 is 0. The minimum absolute atomic E-state index is 0.0648. The third kappa shape index (κ3) is 1.18. The number of alkyl halides is 3. The molecule has 1 atom stereocenters. The smallest absolute Gasteiger partial charge is 0.273 e. The van der Waals surface area contributed by atoms with E-state index >= 15 is 0 Å². The molecular formula is C5H8F3N. The Morgan fingerprint density at radius 2 is 2.11 bits per heavy atom. The summed E-state index contributed by atoms with van der Waals surface area (Å²) in [6, 6.07) is 0. The highest BCUT2D eigenvalue weighted by Crippen LogP contribution is 2.26. The Bertz CT molecular complexity index is 98.4. The molecule has 1 saturated heterocycles. The van der Waals surface area contributed by atoms with Crippen LogP contribution in [0.2, 0.25) is 0 Å². The summed E-state index contributed by atoms with van der Waals surface area (Å²) in [6.45, 7) is 0.158. The SMILES string of the molecule is FC(F)C1(F)CCNC1. The molecule has 1 nitrogen and oxygen atoms in total. The molecule has 1 aliphatic heterocycles. The second-order valence-electron chi connectivity index (χ2n) is 2.26. The zero-order valence-electron chi connectivity index (χ0n) is 4.83. The molecule has 0 radical (unpaired) electrons. The molecule has 1 fully saturated rings. The van der Waals surface area contributed by atoms with Gasteiger partial charge in [0.2, 0.25) is 0 Å². The van der Waals surface area contributed by atoms with E-state index < -0.39 is 12.1 Å². The third-order valence-corrected chi connectivity index (χ3v) is 1.53. The standard InChI is InChI=1S/C5H8F3N/c6-4(7)5(8)1-2-9-3-5/h4,9H,1-3H2. The zero-order valence-corrected chi connectivity index (χ0v) is 4.83. The molecule has 0 bridgehead atoms. The van der Waals surface area contributed by atoms with Gasteiger partial charge in [0.1, 0.15) is 0 Å². The number of hydrogen-bond acceptors (Lipinski definition) is 1. The molecular weight excluding hydrogens is 131 g/mol. The lowest BCUT2D eigenvalue weighted by molar-refractivity contribution is -0.0206. The van der Waals surface area contributed by atoms with Crippen LogP contribution >= 0.6 is 0 Å². The van der Waals surface area contributed by atoms with E-state index in [1.807, 2.05) is 0 Å². The van der Waals surface area contributed by atoms with Crippen molar-refractivity contribution < 1.29 is 13.2 Å². The summed E-state index contributed by atoms with van der Waals surface area (Å²) in [5.74, 6) is 0. The fraction of sp³-hybridized carbons (Fsp3) is 1.00. The first kappa shape index (κ1) is 6.86. The Kier molecular flexibility index (Phi) is 1.66. The summed E-state index contributed by atoms with van der Waals surface area (Å²) in [5.41, 5.74) is -2.25. The highest BCUT2D eigenvalue weighted by atomic mass is 19.3. The van der Waals surface area contributed by atoms with Crippen molar-refractivity contribution in [3.05, 3.63) is 0 Å². The molecule has 1 N–H and O–H groups in total. The molecule has 1 unspecified atom stereocenters. The summed E-state index contributed by atoms with van der Waals surface area (Å²) in [6.07, 6.45) is -2.91. The highest BCUT2D eigenvalue weighted by Gasteiger charge is 2.42. The lowest BCUT2D eigenvalue weighted by Gasteiger charge is -2.15. The summed E-state index contributed by atoms with van der Waals surface area (Å²) in [7, 11) is 0. The van der Waals surface area contributed by atoms with Crippen LogP contribution < -0.4 is 5.32 Å². The second-order valence-corrected chi connectivity index (χ2v) is 2.26. The van der Waals surface area contributed by atoms with Gasteiger partial charge in [-0.1, -0.05) is 0 Å². The van der Waals surface area contributed by atoms with Crippen molar-refractivity contribution >= 4 is 0 Å². The first-order chi connectivity index (χ1) is 4.15. The second kappa shape index (κ2) is 2.17. The average Bonchev–Trinajstić information content (AvgIpc) is 2.16. The van der Waals surface area contributed by atoms with Crippen molar-refractivity contribution in [2.24, 2.45) is 0 Å². The third-order valence-electron chi connectivity index (χ3n) is 1.53. The molecule has 0 amide bonds. The number of hydrogen-bond donors (Lipinski definition) is 1. The molecule has 1 aliphatic rings. The molecule has 54 valence electrons. The Hall–Kier alpha value is -0.250. The maximum atomic E-state index is 12.6. The Balaban J connectivity index is 2.51. The van der Waals surface area contributed by atoms with E-state index in [1.54, 1.807) is 0 Å². The van der Waals surface area contributed by atoms with Gasteiger partial charge < -0.3 is 5.32 Å². The van der Waals surface area contributed by atoms with Crippen LogP contribution in [-0.4, -0.2) is 25.2 Å². The minimum atomic E-state index is -2.84. The van der Waals surface area contributed by atoms with Gasteiger partial charge in [-0.2, -0.15) is 0 Å². The average molecular weight is 139 g/mol. The predicted molar refractivity (Wildman–Crippen MR) is 27.3 cm³/mol. The van der Waals surface area contributed by atoms with Crippen LogP contribution in [0, 0.1) is 0 Å². The Morgan fingerprint density at radius 1 is 1.44 bits per heavy atom. The Labute approximate surface area is 51.2 Å². The molecule has 9 heavy (non-hydrogen) atoms. The molecule has 1 rings (SSSR count). The summed E-state index contributed by atoms with van der Waals surface area (Å²) < 4.78 is 36.0. The fourth-order valence-electron chi connectivity index (χ4n) is 0.867. The van der Waals surface area contributed by atoms with Crippen molar-refractivity contribution in [2.75, 3.05) is 13.1 Å². The van der Waals surface area contributed by atoms with Gasteiger partial charge in [-0.25, -0.2) is 13.2 Å². The van der Waals surface area contributed by atoms with Crippen molar-refractivity contribution in [2.45, 2.75) is 18.5 Å². The molecule has 0 aromatic rings. The van der Waals surface area contributed by atoms with E-state index in [-0.39, 0.29) is 13.0 Å². The normalized spacial score (nSPS) is 36.0. The van der Waals surface area contributed by atoms with E-state index in [0.29, 0.717) is 6.54 Å². The largest absolute Gasteiger partial charge is 0.313 e. The van der Waals surface area contributed by atoms with E-state index in [4.69, 9.17) is 0 Å². The summed E-state index contributed by atoms with van der Waals surface area (Å²) in [5, 5.41) is 2.54. The van der Waals surface area contributed by atoms with Crippen molar-refractivity contribution in [1.29, 1.82) is 0 Å². The molecule has 0 aromatic heterocycles. The number of halogens is 3. The first-order valence-electron chi connectivity index (χ1n) is 2.83. The number of nitrogens with one attached hydrogen (secondary N) is 1. The lowest BCUT2D eigenvalue weighted by Crippen LogP contribution is -2.34. The van der Waals surface area contributed by atoms with E-state index in [1.165, 1.54) is 0 Å². The van der Waals surface area contributed by atoms with Crippen LogP contribution in [0.15, 0.2) is 0 Å². The maximum Gasteiger partial charge on any atom is 0.273 e. The van der Waals surface area contributed by atoms with Crippen molar-refractivity contribution in [1.82, 2.24) is 5.32 Å². The number of rotatable bonds is 1. The lowest BCUT2D eigenvalue weighted by atomic mass is 10.1. The van der Waals surface area contributed by atoms with Crippen LogP contribution in [0.1, 0.15) is 6.42 Å². The van der Waals surface area contributed by atoms with Crippen molar-refractivity contribution in [3.63, 3.8) is 0 Å². The van der Waals surface area contributed by atoms with E-state index in [0.717, 1.165) is 0 Å². The summed E-state index contributed by atoms with van der Waals surface area (Å²) in [4.78, 5) is 0. The van der Waals surface area contributed by atoms with Crippen LogP contribution in [0.3, 0.4) is 0 Å². The monoisotopic (exact) mass is 139 g/mol. The predicted octanol–water partition coefficient (Wildman–Crippen LogP) is 0.953. The zero-order chi connectivity index (χ0) is 6.91. The maximum absolute atomic E-state index is 12.6. The molecule has 1 heterocycles. The van der Waals surface area contributed by atoms with E-state index in [9.17, 15) is 13.2 Å². The first-order valence-corrected chi connectivity index (χ1v) is 2.83. The van der Waals surface area contributed by atoms with Crippen LogP contribution in [0.4, 0.5) is 13.2 Å². The molecule has 0 aromatic carbocycles. The molecule has 4 heteroatoms. The molecule has 0 saturated carbocycles. The van der Waals surface area contributed by atoms with Gasteiger partial charge in [0, 0.05) is 13.0 Å². The van der Waals surface area contributed by atoms with Gasteiger partial charge >= 0.3 is 0 Å². The van der Waals surface area contributed by atoms with E-state index in [2.05, 4.69) is 5.32 Å². The molecule has 0 spiro atoms. The van der Waals surface area contributed by atoms with Gasteiger partial charge in [0.15, 0.2) is 5.67 Å². The van der Waals surface area contributed by atoms with Crippen LogP contribution in [0.25, 0.3) is 0 Å². The van der Waals surface area contributed by atoms with Gasteiger partial charge in [0.25, 0.3) is 6.43 Å². The van der Waals surface area contributed by atoms with Gasteiger partial charge in [-0.05, 0) is 6.54 Å². The molecule has 0 aliphatic carbocycles. The minimum Gasteiger partial charge on any atom is -0.313 e. The fourth-order valence-corrected chi connectivity index (χ4v) is 0.867. The van der Waals surface area contributed by atoms with Gasteiger partial charge in [-0.15, -0.1) is 0 Å². The van der Waals surface area contributed by atoms with Crippen LogP contribution in [-0.2, 0) is 0 Å². The topological polar surface area (TPSA) is 12.0 Å². The van der Waals surface area contributed by atoms with Gasteiger partial charge in [-0.3, -0.25) is 0 Å². The Morgan fingerprint density at radius 3 is 2.33 bits per heavy atom. The van der Waals surface area contributed by atoms with Gasteiger partial charge in [0.05, 0.1) is 0 Å². The van der Waals surface area contributed by atoms with Crippen molar-refractivity contribution in [3.8, 4) is 0 Å². The quantitative estimate of drug-likeness (QED) is 0.570. The highest BCUT2D eigenvalue weighted by molar-refractivity contribution is 4.90. The van der Waals surface area contributed by atoms with Crippen LogP contribution in [0.5, 0.6) is 0 Å².